The van der Waals surface area contributed by atoms with Gasteiger partial charge < -0.3 is 10.3 Å². The Balaban J connectivity index is 2.25. The summed E-state index contributed by atoms with van der Waals surface area (Å²) in [6.07, 6.45) is 4.90. The first-order valence-corrected chi connectivity index (χ1v) is 6.41. The normalized spacial score (nSPS) is 18.2. The van der Waals surface area contributed by atoms with E-state index in [4.69, 9.17) is 5.73 Å². The van der Waals surface area contributed by atoms with Crippen molar-refractivity contribution in [2.24, 2.45) is 0 Å². The number of fused-ring (bicyclic) bond motifs is 1. The summed E-state index contributed by atoms with van der Waals surface area (Å²) in [5, 5.41) is 0. The van der Waals surface area contributed by atoms with E-state index in [9.17, 15) is 0 Å². The van der Waals surface area contributed by atoms with Gasteiger partial charge in [-0.2, -0.15) is 0 Å². The molecule has 1 saturated carbocycles. The molecule has 0 atom stereocenters. The zero-order chi connectivity index (χ0) is 12.0. The van der Waals surface area contributed by atoms with E-state index < -0.39 is 0 Å². The van der Waals surface area contributed by atoms with Gasteiger partial charge in [-0.15, -0.1) is 0 Å². The molecule has 1 aromatic carbocycles. The summed E-state index contributed by atoms with van der Waals surface area (Å²) in [6, 6.07) is 6.41. The second-order valence-electron chi connectivity index (χ2n) is 5.23. The summed E-state index contributed by atoms with van der Waals surface area (Å²) < 4.78 is 2.27. The Kier molecular flexibility index (Phi) is 2.18. The van der Waals surface area contributed by atoms with Crippen molar-refractivity contribution in [3.05, 3.63) is 23.8 Å². The molecule has 3 rings (SSSR count). The minimum atomic E-state index is 0.230. The monoisotopic (exact) mass is 229 g/mol. The molecule has 1 aromatic heterocycles. The summed E-state index contributed by atoms with van der Waals surface area (Å²) in [5.74, 6) is 0.673. The zero-order valence-corrected chi connectivity index (χ0v) is 10.5. The Morgan fingerprint density at radius 2 is 2.18 bits per heavy atom. The van der Waals surface area contributed by atoms with Crippen LogP contribution in [0.4, 0.5) is 5.95 Å². The van der Waals surface area contributed by atoms with Gasteiger partial charge in [0.15, 0.2) is 0 Å². The quantitative estimate of drug-likeness (QED) is 0.859. The number of nitrogens with two attached hydrogens (primary N) is 1. The topological polar surface area (TPSA) is 43.8 Å². The number of nitrogen functional groups attached to an aromatic ring is 1. The molecule has 0 spiro atoms. The molecule has 0 bridgehead atoms. The van der Waals surface area contributed by atoms with E-state index >= 15 is 0 Å². The van der Waals surface area contributed by atoms with Gasteiger partial charge in [-0.1, -0.05) is 13.0 Å². The highest BCUT2D eigenvalue weighted by atomic mass is 15.2. The largest absolute Gasteiger partial charge is 0.369 e. The molecular formula is C14H19N3. The highest BCUT2D eigenvalue weighted by molar-refractivity contribution is 5.79. The highest BCUT2D eigenvalue weighted by Gasteiger charge is 2.39. The van der Waals surface area contributed by atoms with E-state index in [1.165, 1.54) is 30.3 Å². The van der Waals surface area contributed by atoms with Gasteiger partial charge >= 0.3 is 0 Å². The van der Waals surface area contributed by atoms with Gasteiger partial charge in [0.2, 0.25) is 5.95 Å². The van der Waals surface area contributed by atoms with Gasteiger partial charge in [-0.3, -0.25) is 0 Å². The third-order valence-corrected chi connectivity index (χ3v) is 4.25. The van der Waals surface area contributed by atoms with Crippen molar-refractivity contribution >= 4 is 17.0 Å². The van der Waals surface area contributed by atoms with Crippen molar-refractivity contribution in [2.45, 2.75) is 45.1 Å². The van der Waals surface area contributed by atoms with Crippen LogP contribution in [-0.4, -0.2) is 9.55 Å². The van der Waals surface area contributed by atoms with Crippen molar-refractivity contribution in [1.82, 2.24) is 9.55 Å². The lowest BCUT2D eigenvalue weighted by molar-refractivity contribution is 0.144. The van der Waals surface area contributed by atoms with Crippen molar-refractivity contribution in [3.63, 3.8) is 0 Å². The van der Waals surface area contributed by atoms with Gasteiger partial charge in [0.1, 0.15) is 0 Å². The predicted molar refractivity (Wildman–Crippen MR) is 71.0 cm³/mol. The minimum absolute atomic E-state index is 0.230. The first-order chi connectivity index (χ1) is 8.16. The van der Waals surface area contributed by atoms with Crippen LogP contribution in [0.25, 0.3) is 11.0 Å². The molecule has 1 aliphatic rings. The number of aromatic nitrogens is 2. The Bertz CT molecular complexity index is 559. The Labute approximate surface area is 102 Å². The summed E-state index contributed by atoms with van der Waals surface area (Å²) in [5.41, 5.74) is 9.81. The summed E-state index contributed by atoms with van der Waals surface area (Å²) in [7, 11) is 0. The summed E-state index contributed by atoms with van der Waals surface area (Å²) in [6.45, 7) is 4.34. The van der Waals surface area contributed by atoms with Gasteiger partial charge in [-0.25, -0.2) is 4.98 Å². The molecule has 2 N–H and O–H groups in total. The van der Waals surface area contributed by atoms with Crippen molar-refractivity contribution in [3.8, 4) is 0 Å². The van der Waals surface area contributed by atoms with Gasteiger partial charge in [0, 0.05) is 5.54 Å². The van der Waals surface area contributed by atoms with Gasteiger partial charge in [-0.05, 0) is 50.3 Å². The van der Waals surface area contributed by atoms with Crippen LogP contribution in [0.15, 0.2) is 18.2 Å². The first-order valence-electron chi connectivity index (χ1n) is 6.41. The Morgan fingerprint density at radius 3 is 2.76 bits per heavy atom. The highest BCUT2D eigenvalue weighted by Crippen LogP contribution is 2.45. The predicted octanol–water partition coefficient (Wildman–Crippen LogP) is 3.22. The number of nitrogens with zero attached hydrogens (tertiary/aromatic N) is 2. The molecule has 2 aromatic rings. The van der Waals surface area contributed by atoms with Crippen LogP contribution in [0.2, 0.25) is 0 Å². The maximum Gasteiger partial charge on any atom is 0.201 e. The summed E-state index contributed by atoms with van der Waals surface area (Å²) in [4.78, 5) is 4.51. The van der Waals surface area contributed by atoms with E-state index in [2.05, 4.69) is 41.6 Å². The van der Waals surface area contributed by atoms with Crippen LogP contribution in [-0.2, 0) is 5.54 Å². The Morgan fingerprint density at radius 1 is 1.41 bits per heavy atom. The fourth-order valence-corrected chi connectivity index (χ4v) is 3.03. The van der Waals surface area contributed by atoms with Crippen molar-refractivity contribution in [1.29, 1.82) is 0 Å². The number of hydrogen-bond donors (Lipinski definition) is 1. The molecule has 1 heterocycles. The minimum Gasteiger partial charge on any atom is -0.369 e. The van der Waals surface area contributed by atoms with Crippen LogP contribution >= 0.6 is 0 Å². The van der Waals surface area contributed by atoms with Crippen LogP contribution in [0, 0.1) is 6.92 Å². The third-order valence-electron chi connectivity index (χ3n) is 4.25. The number of anilines is 1. The molecule has 3 heteroatoms. The van der Waals surface area contributed by atoms with E-state index in [0.29, 0.717) is 5.95 Å². The molecule has 0 aliphatic heterocycles. The molecule has 0 radical (unpaired) electrons. The molecule has 1 aliphatic carbocycles. The molecule has 3 nitrogen and oxygen atoms in total. The average Bonchev–Trinajstić information content (AvgIpc) is 2.55. The van der Waals surface area contributed by atoms with E-state index in [1.54, 1.807) is 0 Å². The lowest BCUT2D eigenvalue weighted by atomic mass is 9.74. The number of aryl methyl sites for hydroxylation is 1. The van der Waals surface area contributed by atoms with Crippen LogP contribution in [0.5, 0.6) is 0 Å². The van der Waals surface area contributed by atoms with Crippen LogP contribution in [0.1, 0.15) is 38.2 Å². The zero-order valence-electron chi connectivity index (χ0n) is 10.5. The van der Waals surface area contributed by atoms with Gasteiger partial charge in [0.25, 0.3) is 0 Å². The first kappa shape index (κ1) is 10.6. The van der Waals surface area contributed by atoms with E-state index in [0.717, 1.165) is 11.9 Å². The lowest BCUT2D eigenvalue weighted by Gasteiger charge is -2.43. The van der Waals surface area contributed by atoms with E-state index in [-0.39, 0.29) is 5.54 Å². The average molecular weight is 229 g/mol. The molecule has 90 valence electrons. The fourth-order valence-electron chi connectivity index (χ4n) is 3.03. The fraction of sp³-hybridized carbons (Fsp3) is 0.500. The third kappa shape index (κ3) is 1.38. The smallest absolute Gasteiger partial charge is 0.201 e. The van der Waals surface area contributed by atoms with Crippen molar-refractivity contribution in [2.75, 3.05) is 5.73 Å². The van der Waals surface area contributed by atoms with E-state index in [1.807, 2.05) is 0 Å². The number of benzene rings is 1. The Hall–Kier alpha value is -1.51. The molecule has 17 heavy (non-hydrogen) atoms. The SMILES string of the molecule is CCC1(n2c(N)nc3cc(C)ccc32)CCC1. The lowest BCUT2D eigenvalue weighted by Crippen LogP contribution is -2.40. The molecule has 0 unspecified atom stereocenters. The molecular weight excluding hydrogens is 210 g/mol. The van der Waals surface area contributed by atoms with Gasteiger partial charge in [0.05, 0.1) is 11.0 Å². The molecule has 1 fully saturated rings. The maximum absolute atomic E-state index is 6.13. The van der Waals surface area contributed by atoms with Crippen LogP contribution < -0.4 is 5.73 Å². The number of imidazole rings is 1. The molecule has 0 amide bonds. The maximum atomic E-state index is 6.13. The molecule has 0 saturated heterocycles. The number of hydrogen-bond acceptors (Lipinski definition) is 2. The summed E-state index contributed by atoms with van der Waals surface area (Å²) >= 11 is 0. The van der Waals surface area contributed by atoms with Crippen molar-refractivity contribution < 1.29 is 0 Å². The second kappa shape index (κ2) is 3.49. The standard InChI is InChI=1S/C14H19N3/c1-3-14(7-4-8-14)17-12-6-5-10(2)9-11(12)16-13(17)15/h5-6,9H,3-4,7-8H2,1-2H3,(H2,15,16). The number of rotatable bonds is 2. The second-order valence-corrected chi connectivity index (χ2v) is 5.23. The van der Waals surface area contributed by atoms with Crippen LogP contribution in [0.3, 0.4) is 0 Å².